The summed E-state index contributed by atoms with van der Waals surface area (Å²) in [7, 11) is 0. The number of nitrogens with zero attached hydrogens (tertiary/aromatic N) is 1. The SMILES string of the molecule is CCC1(C(=O)N(CCCO)C(C)C)CCNC1. The Balaban J connectivity index is 2.75. The van der Waals surface area contributed by atoms with Crippen LogP contribution in [0, 0.1) is 5.41 Å². The number of carbonyl (C=O) groups is 1. The number of aliphatic hydroxyl groups excluding tert-OH is 1. The molecule has 1 rings (SSSR count). The van der Waals surface area contributed by atoms with E-state index in [0.717, 1.165) is 25.9 Å². The summed E-state index contributed by atoms with van der Waals surface area (Å²) >= 11 is 0. The van der Waals surface area contributed by atoms with Crippen LogP contribution in [-0.4, -0.2) is 48.2 Å². The van der Waals surface area contributed by atoms with Crippen LogP contribution in [0.5, 0.6) is 0 Å². The van der Waals surface area contributed by atoms with E-state index in [1.165, 1.54) is 0 Å². The van der Waals surface area contributed by atoms with Crippen molar-refractivity contribution in [3.05, 3.63) is 0 Å². The second-order valence-corrected chi connectivity index (χ2v) is 5.23. The molecule has 0 bridgehead atoms. The van der Waals surface area contributed by atoms with Crippen molar-refractivity contribution in [3.63, 3.8) is 0 Å². The van der Waals surface area contributed by atoms with Crippen LogP contribution in [0.4, 0.5) is 0 Å². The maximum atomic E-state index is 12.7. The molecule has 1 amide bonds. The molecule has 0 saturated carbocycles. The van der Waals surface area contributed by atoms with Gasteiger partial charge in [-0.2, -0.15) is 0 Å². The molecule has 0 radical (unpaired) electrons. The van der Waals surface area contributed by atoms with Gasteiger partial charge in [-0.3, -0.25) is 4.79 Å². The summed E-state index contributed by atoms with van der Waals surface area (Å²) in [6.07, 6.45) is 2.49. The highest BCUT2D eigenvalue weighted by molar-refractivity contribution is 5.83. The number of rotatable bonds is 6. The average Bonchev–Trinajstić information content (AvgIpc) is 2.78. The normalized spacial score (nSPS) is 24.3. The summed E-state index contributed by atoms with van der Waals surface area (Å²) in [6.45, 7) is 8.72. The van der Waals surface area contributed by atoms with Crippen LogP contribution < -0.4 is 5.32 Å². The highest BCUT2D eigenvalue weighted by Gasteiger charge is 2.42. The second-order valence-electron chi connectivity index (χ2n) is 5.23. The Morgan fingerprint density at radius 1 is 1.53 bits per heavy atom. The molecule has 1 fully saturated rings. The van der Waals surface area contributed by atoms with Gasteiger partial charge in [-0.05, 0) is 39.7 Å². The molecule has 0 aromatic heterocycles. The first kappa shape index (κ1) is 14.5. The first-order chi connectivity index (χ1) is 8.07. The summed E-state index contributed by atoms with van der Waals surface area (Å²) in [6, 6.07) is 0.207. The Hall–Kier alpha value is -0.610. The van der Waals surface area contributed by atoms with Crippen molar-refractivity contribution in [1.29, 1.82) is 0 Å². The molecule has 1 aliphatic heterocycles. The molecule has 0 aromatic carbocycles. The van der Waals surface area contributed by atoms with Crippen LogP contribution in [0.25, 0.3) is 0 Å². The smallest absolute Gasteiger partial charge is 0.230 e. The fourth-order valence-corrected chi connectivity index (χ4v) is 2.52. The third-order valence-electron chi connectivity index (χ3n) is 3.82. The van der Waals surface area contributed by atoms with Crippen molar-refractivity contribution < 1.29 is 9.90 Å². The maximum Gasteiger partial charge on any atom is 0.230 e. The molecule has 4 nitrogen and oxygen atoms in total. The van der Waals surface area contributed by atoms with Crippen LogP contribution in [0.15, 0.2) is 0 Å². The Morgan fingerprint density at radius 2 is 2.24 bits per heavy atom. The van der Waals surface area contributed by atoms with Crippen molar-refractivity contribution in [2.24, 2.45) is 5.41 Å². The third kappa shape index (κ3) is 3.19. The number of carbonyl (C=O) groups excluding carboxylic acids is 1. The molecule has 1 heterocycles. The molecule has 1 atom stereocenters. The molecule has 4 heteroatoms. The summed E-state index contributed by atoms with van der Waals surface area (Å²) < 4.78 is 0. The number of nitrogens with one attached hydrogen (secondary N) is 1. The first-order valence-corrected chi connectivity index (χ1v) is 6.70. The quantitative estimate of drug-likeness (QED) is 0.730. The van der Waals surface area contributed by atoms with E-state index in [1.807, 2.05) is 18.7 Å². The minimum atomic E-state index is -0.209. The zero-order valence-corrected chi connectivity index (χ0v) is 11.3. The van der Waals surface area contributed by atoms with Crippen molar-refractivity contribution in [1.82, 2.24) is 10.2 Å². The van der Waals surface area contributed by atoms with Crippen LogP contribution in [0.3, 0.4) is 0 Å². The maximum absolute atomic E-state index is 12.7. The monoisotopic (exact) mass is 242 g/mol. The van der Waals surface area contributed by atoms with Gasteiger partial charge < -0.3 is 15.3 Å². The standard InChI is InChI=1S/C13H26N2O2/c1-4-13(6-7-14-10-13)12(17)15(11(2)3)8-5-9-16/h11,14,16H,4-10H2,1-3H3. The lowest BCUT2D eigenvalue weighted by atomic mass is 9.82. The molecule has 0 aliphatic carbocycles. The van der Waals surface area contributed by atoms with Gasteiger partial charge in [0.1, 0.15) is 0 Å². The van der Waals surface area contributed by atoms with E-state index < -0.39 is 0 Å². The zero-order chi connectivity index (χ0) is 12.9. The Bertz CT molecular complexity index is 248. The van der Waals surface area contributed by atoms with Gasteiger partial charge in [0.05, 0.1) is 5.41 Å². The van der Waals surface area contributed by atoms with Gasteiger partial charge in [0.25, 0.3) is 0 Å². The lowest BCUT2D eigenvalue weighted by molar-refractivity contribution is -0.143. The van der Waals surface area contributed by atoms with E-state index in [-0.39, 0.29) is 24.0 Å². The molecule has 0 spiro atoms. The molecule has 1 aliphatic rings. The Kier molecular flexibility index (Phi) is 5.40. The van der Waals surface area contributed by atoms with E-state index in [2.05, 4.69) is 12.2 Å². The van der Waals surface area contributed by atoms with E-state index in [9.17, 15) is 4.79 Å². The number of hydrogen-bond acceptors (Lipinski definition) is 3. The molecular weight excluding hydrogens is 216 g/mol. The summed E-state index contributed by atoms with van der Waals surface area (Å²) in [5.74, 6) is 0.258. The van der Waals surface area contributed by atoms with Gasteiger partial charge in [0.2, 0.25) is 5.91 Å². The lowest BCUT2D eigenvalue weighted by Crippen LogP contribution is -2.48. The van der Waals surface area contributed by atoms with E-state index in [4.69, 9.17) is 5.11 Å². The van der Waals surface area contributed by atoms with Gasteiger partial charge in [-0.15, -0.1) is 0 Å². The molecule has 1 unspecified atom stereocenters. The molecule has 17 heavy (non-hydrogen) atoms. The zero-order valence-electron chi connectivity index (χ0n) is 11.3. The van der Waals surface area contributed by atoms with E-state index >= 15 is 0 Å². The fourth-order valence-electron chi connectivity index (χ4n) is 2.52. The number of hydrogen-bond donors (Lipinski definition) is 2. The average molecular weight is 242 g/mol. The predicted molar refractivity (Wildman–Crippen MR) is 68.8 cm³/mol. The minimum Gasteiger partial charge on any atom is -0.396 e. The molecule has 2 N–H and O–H groups in total. The van der Waals surface area contributed by atoms with Gasteiger partial charge in [-0.1, -0.05) is 6.92 Å². The van der Waals surface area contributed by atoms with Gasteiger partial charge in [0, 0.05) is 25.7 Å². The third-order valence-corrected chi connectivity index (χ3v) is 3.82. The van der Waals surface area contributed by atoms with Crippen LogP contribution >= 0.6 is 0 Å². The van der Waals surface area contributed by atoms with Crippen LogP contribution in [0.2, 0.25) is 0 Å². The summed E-state index contributed by atoms with van der Waals surface area (Å²) in [4.78, 5) is 14.6. The van der Waals surface area contributed by atoms with Crippen LogP contribution in [-0.2, 0) is 4.79 Å². The highest BCUT2D eigenvalue weighted by atomic mass is 16.3. The molecule has 1 saturated heterocycles. The largest absolute Gasteiger partial charge is 0.396 e. The van der Waals surface area contributed by atoms with Gasteiger partial charge in [0.15, 0.2) is 0 Å². The second kappa shape index (κ2) is 6.36. The predicted octanol–water partition coefficient (Wildman–Crippen LogP) is 0.996. The van der Waals surface area contributed by atoms with E-state index in [1.54, 1.807) is 0 Å². The van der Waals surface area contributed by atoms with Crippen molar-refractivity contribution in [2.75, 3.05) is 26.2 Å². The van der Waals surface area contributed by atoms with Crippen LogP contribution in [0.1, 0.15) is 40.0 Å². The van der Waals surface area contributed by atoms with Crippen molar-refractivity contribution in [3.8, 4) is 0 Å². The fraction of sp³-hybridized carbons (Fsp3) is 0.923. The topological polar surface area (TPSA) is 52.6 Å². The van der Waals surface area contributed by atoms with Gasteiger partial charge >= 0.3 is 0 Å². The number of aliphatic hydroxyl groups is 1. The first-order valence-electron chi connectivity index (χ1n) is 6.70. The molecular formula is C13H26N2O2. The Morgan fingerprint density at radius 3 is 2.65 bits per heavy atom. The van der Waals surface area contributed by atoms with Gasteiger partial charge in [-0.25, -0.2) is 0 Å². The Labute approximate surface area is 104 Å². The summed E-state index contributed by atoms with van der Waals surface area (Å²) in [5, 5.41) is 12.2. The number of amides is 1. The van der Waals surface area contributed by atoms with Crippen molar-refractivity contribution >= 4 is 5.91 Å². The molecule has 0 aromatic rings. The molecule has 100 valence electrons. The van der Waals surface area contributed by atoms with E-state index in [0.29, 0.717) is 13.0 Å². The van der Waals surface area contributed by atoms with Crippen molar-refractivity contribution in [2.45, 2.75) is 46.1 Å². The lowest BCUT2D eigenvalue weighted by Gasteiger charge is -2.35. The minimum absolute atomic E-state index is 0.147. The highest BCUT2D eigenvalue weighted by Crippen LogP contribution is 2.32. The summed E-state index contributed by atoms with van der Waals surface area (Å²) in [5.41, 5.74) is -0.209.